The van der Waals surface area contributed by atoms with Gasteiger partial charge in [-0.05, 0) is 66.8 Å². The van der Waals surface area contributed by atoms with Crippen molar-refractivity contribution >= 4 is 57.0 Å². The number of nitrogens with zero attached hydrogens (tertiary/aromatic N) is 4. The maximum Gasteiger partial charge on any atom is 0.417 e. The maximum atomic E-state index is 15.2. The van der Waals surface area contributed by atoms with Crippen molar-refractivity contribution in [3.05, 3.63) is 62.4 Å². The molecule has 13 heteroatoms. The first kappa shape index (κ1) is 29.8. The van der Waals surface area contributed by atoms with Gasteiger partial charge in [-0.15, -0.1) is 11.8 Å². The normalized spacial score (nSPS) is 20.9. The third kappa shape index (κ3) is 5.24. The van der Waals surface area contributed by atoms with Gasteiger partial charge in [-0.2, -0.15) is 18.2 Å². The van der Waals surface area contributed by atoms with Crippen LogP contribution >= 0.6 is 34.4 Å². The Morgan fingerprint density at radius 2 is 1.93 bits per heavy atom. The summed E-state index contributed by atoms with van der Waals surface area (Å²) < 4.78 is 66.8. The van der Waals surface area contributed by atoms with Gasteiger partial charge in [-0.25, -0.2) is 9.18 Å². The molecule has 0 unspecified atom stereocenters. The van der Waals surface area contributed by atoms with Gasteiger partial charge >= 0.3 is 11.9 Å². The predicted octanol–water partition coefficient (Wildman–Crippen LogP) is 5.73. The van der Waals surface area contributed by atoms with Crippen molar-refractivity contribution in [3.8, 4) is 11.1 Å². The average molecular weight is 703 g/mol. The molecule has 0 N–H and O–H groups in total. The van der Waals surface area contributed by atoms with Gasteiger partial charge in [0.05, 0.1) is 23.7 Å². The summed E-state index contributed by atoms with van der Waals surface area (Å²) in [6.07, 6.45) is -3.60. The highest BCUT2D eigenvalue weighted by Crippen LogP contribution is 2.50. The van der Waals surface area contributed by atoms with E-state index in [1.165, 1.54) is 29.9 Å². The molecule has 2 aliphatic heterocycles. The molecule has 3 heterocycles. The van der Waals surface area contributed by atoms with Gasteiger partial charge < -0.3 is 14.5 Å². The summed E-state index contributed by atoms with van der Waals surface area (Å²) in [5.41, 5.74) is -1.85. The van der Waals surface area contributed by atoms with Crippen LogP contribution in [-0.2, 0) is 15.7 Å². The van der Waals surface area contributed by atoms with Crippen LogP contribution in [0.4, 0.5) is 23.4 Å². The number of methoxy groups -OCH3 is 1. The van der Waals surface area contributed by atoms with Crippen LogP contribution in [0.3, 0.4) is 0 Å². The van der Waals surface area contributed by atoms with Crippen molar-refractivity contribution in [2.75, 3.05) is 37.5 Å². The fourth-order valence-corrected chi connectivity index (χ4v) is 7.67. The molecular formula is C28H27F4IN4O3S. The average Bonchev–Trinajstić information content (AvgIpc) is 2.91. The number of hydrogen-bond acceptors (Lipinski definition) is 6. The Morgan fingerprint density at radius 3 is 2.54 bits per heavy atom. The van der Waals surface area contributed by atoms with Crippen LogP contribution in [0.5, 0.6) is 0 Å². The highest BCUT2D eigenvalue weighted by Gasteiger charge is 2.41. The number of carbonyl (C=O) groups excluding carboxylic acids is 1. The van der Waals surface area contributed by atoms with E-state index in [0.29, 0.717) is 3.57 Å². The van der Waals surface area contributed by atoms with Crippen LogP contribution in [-0.4, -0.2) is 65.0 Å². The van der Waals surface area contributed by atoms with Crippen molar-refractivity contribution in [3.63, 3.8) is 0 Å². The van der Waals surface area contributed by atoms with E-state index in [4.69, 9.17) is 4.74 Å². The summed E-state index contributed by atoms with van der Waals surface area (Å²) in [6.45, 7) is 7.85. The van der Waals surface area contributed by atoms with Gasteiger partial charge in [0.2, 0.25) is 5.91 Å². The van der Waals surface area contributed by atoms with Gasteiger partial charge in [-0.3, -0.25) is 9.36 Å². The number of ether oxygens (including phenoxy) is 1. The number of halogens is 5. The van der Waals surface area contributed by atoms with Crippen molar-refractivity contribution < 1.29 is 27.1 Å². The Balaban J connectivity index is 1.84. The highest BCUT2D eigenvalue weighted by atomic mass is 127. The first-order valence-electron chi connectivity index (χ1n) is 12.8. The molecule has 41 heavy (non-hydrogen) atoms. The number of anilines is 1. The number of alkyl halides is 3. The number of hydrogen-bond donors (Lipinski definition) is 0. The Morgan fingerprint density at radius 1 is 1.24 bits per heavy atom. The monoisotopic (exact) mass is 702 g/mol. The van der Waals surface area contributed by atoms with Crippen LogP contribution in [0.1, 0.15) is 25.5 Å². The Hall–Kier alpha value is -2.65. The molecule has 1 fully saturated rings. The Bertz CT molecular complexity index is 1600. The molecule has 0 spiro atoms. The van der Waals surface area contributed by atoms with Gasteiger partial charge in [0.1, 0.15) is 11.6 Å². The smallest absolute Gasteiger partial charge is 0.383 e. The Kier molecular flexibility index (Phi) is 8.16. The SMILES string of the molecule is C=CC(=O)N1[C@H](C)CN(c2nc(=O)n3c4c(c(-c5cc(I)ccc5F)c(C(F)(F)F)cc24)SC[C@@H]3COC)C[C@@H]1C. The Labute approximate surface area is 251 Å². The number of thioether (sulfide) groups is 1. The number of rotatable bonds is 5. The lowest BCUT2D eigenvalue weighted by atomic mass is 9.95. The summed E-state index contributed by atoms with van der Waals surface area (Å²) in [4.78, 5) is 34.0. The molecule has 3 atom stereocenters. The molecule has 3 aromatic rings. The van der Waals surface area contributed by atoms with Gasteiger partial charge in [0.25, 0.3) is 0 Å². The summed E-state index contributed by atoms with van der Waals surface area (Å²) >= 11 is 3.08. The molecule has 0 radical (unpaired) electrons. The molecule has 218 valence electrons. The lowest BCUT2D eigenvalue weighted by Crippen LogP contribution is -2.58. The third-order valence-corrected chi connectivity index (χ3v) is 9.35. The van der Waals surface area contributed by atoms with Gasteiger partial charge in [0.15, 0.2) is 0 Å². The molecule has 0 bridgehead atoms. The number of benzene rings is 2. The number of carbonyl (C=O) groups is 1. The van der Waals surface area contributed by atoms with E-state index in [1.54, 1.807) is 9.80 Å². The van der Waals surface area contributed by atoms with E-state index < -0.39 is 29.3 Å². The number of piperazine rings is 1. The molecule has 1 saturated heterocycles. The van der Waals surface area contributed by atoms with E-state index in [-0.39, 0.29) is 76.2 Å². The second-order valence-corrected chi connectivity index (χ2v) is 12.5. The van der Waals surface area contributed by atoms with Crippen LogP contribution < -0.4 is 10.6 Å². The van der Waals surface area contributed by atoms with Crippen molar-refractivity contribution in [1.29, 1.82) is 0 Å². The molecule has 1 amide bonds. The van der Waals surface area contributed by atoms with E-state index in [0.717, 1.165) is 23.9 Å². The number of aromatic nitrogens is 2. The molecule has 2 aromatic carbocycles. The summed E-state index contributed by atoms with van der Waals surface area (Å²) in [5.74, 6) is -0.699. The van der Waals surface area contributed by atoms with Gasteiger partial charge in [0, 0.05) is 63.0 Å². The fourth-order valence-electron chi connectivity index (χ4n) is 5.86. The predicted molar refractivity (Wildman–Crippen MR) is 159 cm³/mol. The lowest BCUT2D eigenvalue weighted by molar-refractivity contribution is -0.137. The summed E-state index contributed by atoms with van der Waals surface area (Å²) in [7, 11) is 1.48. The third-order valence-electron chi connectivity index (χ3n) is 7.44. The minimum absolute atomic E-state index is 0.103. The number of amides is 1. The second kappa shape index (κ2) is 11.2. The van der Waals surface area contributed by atoms with E-state index in [2.05, 4.69) is 11.6 Å². The molecular weight excluding hydrogens is 675 g/mol. The van der Waals surface area contributed by atoms with Crippen LogP contribution in [0.15, 0.2) is 46.6 Å². The van der Waals surface area contributed by atoms with Gasteiger partial charge in [-0.1, -0.05) is 6.58 Å². The highest BCUT2D eigenvalue weighted by molar-refractivity contribution is 14.1. The molecule has 1 aromatic heterocycles. The quantitative estimate of drug-likeness (QED) is 0.192. The minimum atomic E-state index is -4.83. The second-order valence-electron chi connectivity index (χ2n) is 10.2. The van der Waals surface area contributed by atoms with E-state index in [1.807, 2.05) is 36.4 Å². The molecule has 0 aliphatic carbocycles. The topological polar surface area (TPSA) is 67.7 Å². The molecule has 7 nitrogen and oxygen atoms in total. The van der Waals surface area contributed by atoms with Crippen molar-refractivity contribution in [2.45, 2.75) is 43.0 Å². The van der Waals surface area contributed by atoms with Crippen LogP contribution in [0.25, 0.3) is 22.0 Å². The lowest BCUT2D eigenvalue weighted by Gasteiger charge is -2.45. The minimum Gasteiger partial charge on any atom is -0.383 e. The summed E-state index contributed by atoms with van der Waals surface area (Å²) in [6, 6.07) is 3.86. The zero-order chi connectivity index (χ0) is 29.8. The molecule has 5 rings (SSSR count). The first-order valence-corrected chi connectivity index (χ1v) is 14.9. The molecule has 2 aliphatic rings. The first-order chi connectivity index (χ1) is 19.4. The standard InChI is InChI=1S/C28H27F4IN4O3S/c1-5-22(38)36-14(2)10-35(11-15(36)3)26-19-9-20(28(30,31)32)23(18-8-16(33)6-7-21(18)29)25-24(19)37(27(39)34-26)17(12-40-4)13-41-25/h5-9,14-15,17H,1,10-13H2,2-4H3/t14-,15+,17-/m0/s1. The zero-order valence-corrected chi connectivity index (χ0v) is 25.4. The fraction of sp³-hybridized carbons (Fsp3) is 0.393. The van der Waals surface area contributed by atoms with Crippen LogP contribution in [0, 0.1) is 9.39 Å². The van der Waals surface area contributed by atoms with E-state index in [9.17, 15) is 22.8 Å². The largest absolute Gasteiger partial charge is 0.417 e. The summed E-state index contributed by atoms with van der Waals surface area (Å²) in [5, 5.41) is 0.137. The maximum absolute atomic E-state index is 15.2. The van der Waals surface area contributed by atoms with E-state index >= 15 is 4.39 Å². The zero-order valence-electron chi connectivity index (χ0n) is 22.5. The van der Waals surface area contributed by atoms with Crippen molar-refractivity contribution in [1.82, 2.24) is 14.5 Å². The van der Waals surface area contributed by atoms with Crippen LogP contribution in [0.2, 0.25) is 0 Å². The van der Waals surface area contributed by atoms with Crippen molar-refractivity contribution in [2.24, 2.45) is 0 Å². The molecule has 0 saturated carbocycles.